The van der Waals surface area contributed by atoms with Crippen molar-refractivity contribution in [3.63, 3.8) is 0 Å². The third-order valence-corrected chi connectivity index (χ3v) is 4.17. The fraction of sp³-hybridized carbons (Fsp3) is 0.429. The molecule has 0 amide bonds. The fourth-order valence-electron chi connectivity index (χ4n) is 3.31. The number of aromatic nitrogens is 1. The zero-order chi connectivity index (χ0) is 14.5. The highest BCUT2D eigenvalue weighted by molar-refractivity contribution is 5.94. The van der Waals surface area contributed by atoms with E-state index < -0.39 is 16.4 Å². The van der Waals surface area contributed by atoms with Crippen LogP contribution in [-0.4, -0.2) is 22.8 Å². The fourth-order valence-corrected chi connectivity index (χ4v) is 3.31. The summed E-state index contributed by atoms with van der Waals surface area (Å²) in [5.41, 5.74) is 0.0451. The molecule has 2 aliphatic rings. The molecule has 0 saturated heterocycles. The van der Waals surface area contributed by atoms with Gasteiger partial charge in [0.2, 0.25) is 11.7 Å². The zero-order valence-corrected chi connectivity index (χ0v) is 11.1. The Morgan fingerprint density at radius 3 is 2.90 bits per heavy atom. The molecule has 1 fully saturated rings. The van der Waals surface area contributed by atoms with Crippen molar-refractivity contribution in [3.8, 4) is 5.88 Å². The van der Waals surface area contributed by atoms with Crippen molar-refractivity contribution < 1.29 is 14.5 Å². The number of nitrogens with zero attached hydrogens (tertiary/aromatic N) is 2. The molecule has 6 nitrogen and oxygen atoms in total. The first-order valence-corrected chi connectivity index (χ1v) is 6.39. The van der Waals surface area contributed by atoms with E-state index in [0.717, 1.165) is 5.57 Å². The van der Waals surface area contributed by atoms with Crippen molar-refractivity contribution in [1.82, 2.24) is 4.98 Å². The van der Waals surface area contributed by atoms with Crippen molar-refractivity contribution in [2.24, 2.45) is 5.92 Å². The van der Waals surface area contributed by atoms with Gasteiger partial charge in [0.15, 0.2) is 0 Å². The summed E-state index contributed by atoms with van der Waals surface area (Å²) in [5.74, 6) is -0.295. The van der Waals surface area contributed by atoms with Crippen LogP contribution in [0.25, 0.3) is 0 Å². The molecule has 6 heteroatoms. The number of methoxy groups -OCH3 is 1. The van der Waals surface area contributed by atoms with Gasteiger partial charge in [-0.15, -0.1) is 0 Å². The summed E-state index contributed by atoms with van der Waals surface area (Å²) < 4.78 is 5.06. The van der Waals surface area contributed by atoms with Gasteiger partial charge in [0, 0.05) is 23.3 Å². The number of carbonyl (C=O) groups excluding carboxylic acids is 1. The third kappa shape index (κ3) is 1.51. The lowest BCUT2D eigenvalue weighted by Crippen LogP contribution is -2.53. The SMILES string of the molecule is C=C1CC2Cc3nc(OC)ccc3C([N+](=O)[O-])(C1)C2=O. The smallest absolute Gasteiger partial charge is 0.309 e. The predicted octanol–water partition coefficient (Wildman–Crippen LogP) is 1.65. The Balaban J connectivity index is 2.25. The molecule has 0 N–H and O–H groups in total. The molecule has 2 aliphatic carbocycles. The molecule has 0 radical (unpaired) electrons. The van der Waals surface area contributed by atoms with Crippen LogP contribution in [0.4, 0.5) is 0 Å². The third-order valence-electron chi connectivity index (χ3n) is 4.17. The number of carbonyl (C=O) groups is 1. The largest absolute Gasteiger partial charge is 0.481 e. The molecule has 20 heavy (non-hydrogen) atoms. The van der Waals surface area contributed by atoms with E-state index in [0.29, 0.717) is 30.0 Å². The van der Waals surface area contributed by atoms with E-state index in [2.05, 4.69) is 11.6 Å². The second kappa shape index (κ2) is 4.13. The molecule has 104 valence electrons. The quantitative estimate of drug-likeness (QED) is 0.465. The molecule has 0 aromatic carbocycles. The lowest BCUT2D eigenvalue weighted by Gasteiger charge is -2.38. The molecular weight excluding hydrogens is 260 g/mol. The van der Waals surface area contributed by atoms with Crippen LogP contribution < -0.4 is 4.74 Å². The van der Waals surface area contributed by atoms with Gasteiger partial charge in [-0.1, -0.05) is 12.2 Å². The molecule has 2 unspecified atom stereocenters. The van der Waals surface area contributed by atoms with Crippen molar-refractivity contribution in [1.29, 1.82) is 0 Å². The molecule has 1 aromatic heterocycles. The zero-order valence-electron chi connectivity index (χ0n) is 11.1. The van der Waals surface area contributed by atoms with Crippen LogP contribution in [0.1, 0.15) is 24.1 Å². The van der Waals surface area contributed by atoms with Gasteiger partial charge in [0.1, 0.15) is 0 Å². The number of pyridine rings is 1. The Morgan fingerprint density at radius 2 is 2.25 bits per heavy atom. The van der Waals surface area contributed by atoms with E-state index >= 15 is 0 Å². The molecule has 1 saturated carbocycles. The second-order valence-electron chi connectivity index (χ2n) is 5.36. The first-order chi connectivity index (χ1) is 9.49. The second-order valence-corrected chi connectivity index (χ2v) is 5.36. The first kappa shape index (κ1) is 12.8. The summed E-state index contributed by atoms with van der Waals surface area (Å²) in [6.45, 7) is 3.86. The molecule has 2 bridgehead atoms. The minimum Gasteiger partial charge on any atom is -0.481 e. The maximum atomic E-state index is 12.5. The van der Waals surface area contributed by atoms with Gasteiger partial charge in [-0.05, 0) is 12.5 Å². The number of fused-ring (bicyclic) bond motifs is 4. The maximum absolute atomic E-state index is 12.5. The predicted molar refractivity (Wildman–Crippen MR) is 70.0 cm³/mol. The van der Waals surface area contributed by atoms with E-state index in [1.165, 1.54) is 7.11 Å². The Morgan fingerprint density at radius 1 is 1.50 bits per heavy atom. The van der Waals surface area contributed by atoms with Crippen LogP contribution in [0.15, 0.2) is 24.3 Å². The first-order valence-electron chi connectivity index (χ1n) is 6.39. The monoisotopic (exact) mass is 274 g/mol. The Bertz CT molecular complexity index is 640. The molecule has 2 atom stereocenters. The van der Waals surface area contributed by atoms with Gasteiger partial charge in [0.25, 0.3) is 0 Å². The maximum Gasteiger partial charge on any atom is 0.309 e. The summed E-state index contributed by atoms with van der Waals surface area (Å²) in [6, 6.07) is 3.16. The minimum absolute atomic E-state index is 0.0658. The summed E-state index contributed by atoms with van der Waals surface area (Å²) in [4.78, 5) is 28.0. The van der Waals surface area contributed by atoms with Gasteiger partial charge in [-0.25, -0.2) is 4.98 Å². The van der Waals surface area contributed by atoms with Gasteiger partial charge >= 0.3 is 5.54 Å². The highest BCUT2D eigenvalue weighted by Gasteiger charge is 2.61. The average molecular weight is 274 g/mol. The van der Waals surface area contributed by atoms with Crippen LogP contribution >= 0.6 is 0 Å². The van der Waals surface area contributed by atoms with E-state index in [1.807, 2.05) is 0 Å². The number of ketones is 1. The standard InChI is InChI=1S/C14H14N2O4/c1-8-5-9-6-11-10(3-4-12(15-11)20-2)14(7-8,13(9)17)16(18)19/h3-4,9H,1,5-7H2,2H3. The van der Waals surface area contributed by atoms with E-state index in [9.17, 15) is 14.9 Å². The number of rotatable bonds is 2. The van der Waals surface area contributed by atoms with Gasteiger partial charge in [-0.2, -0.15) is 0 Å². The van der Waals surface area contributed by atoms with Crippen molar-refractivity contribution in [2.75, 3.05) is 7.11 Å². The normalized spacial score (nSPS) is 27.9. The van der Waals surface area contributed by atoms with Crippen LogP contribution in [0.5, 0.6) is 5.88 Å². The van der Waals surface area contributed by atoms with Crippen LogP contribution in [0, 0.1) is 16.0 Å². The summed E-state index contributed by atoms with van der Waals surface area (Å²) in [6.07, 6.45) is 0.989. The lowest BCUT2D eigenvalue weighted by atomic mass is 9.63. The number of ether oxygens (including phenoxy) is 1. The molecule has 0 spiro atoms. The Hall–Kier alpha value is -2.24. The van der Waals surface area contributed by atoms with Crippen molar-refractivity contribution >= 4 is 5.78 Å². The van der Waals surface area contributed by atoms with Crippen molar-refractivity contribution in [2.45, 2.75) is 24.8 Å². The van der Waals surface area contributed by atoms with Crippen molar-refractivity contribution in [3.05, 3.63) is 45.7 Å². The number of Topliss-reactive ketones (excluding diaryl/α,β-unsaturated/α-hetero) is 1. The van der Waals surface area contributed by atoms with E-state index in [4.69, 9.17) is 4.74 Å². The highest BCUT2D eigenvalue weighted by Crippen LogP contribution is 2.47. The lowest BCUT2D eigenvalue weighted by molar-refractivity contribution is -0.563. The van der Waals surface area contributed by atoms with E-state index in [1.54, 1.807) is 12.1 Å². The van der Waals surface area contributed by atoms with Gasteiger partial charge in [-0.3, -0.25) is 14.9 Å². The Labute approximate surface area is 115 Å². The molecule has 0 aliphatic heterocycles. The van der Waals surface area contributed by atoms with E-state index in [-0.39, 0.29) is 12.2 Å². The van der Waals surface area contributed by atoms with Crippen LogP contribution in [0.2, 0.25) is 0 Å². The molecule has 1 aromatic rings. The van der Waals surface area contributed by atoms with Crippen LogP contribution in [0.3, 0.4) is 0 Å². The average Bonchev–Trinajstić information content (AvgIpc) is 2.40. The molecular formula is C14H14N2O4. The number of hydrogen-bond acceptors (Lipinski definition) is 5. The number of hydrogen-bond donors (Lipinski definition) is 0. The summed E-state index contributed by atoms with van der Waals surface area (Å²) in [5, 5.41) is 11.6. The molecule has 3 rings (SSSR count). The summed E-state index contributed by atoms with van der Waals surface area (Å²) in [7, 11) is 1.49. The molecule has 1 heterocycles. The van der Waals surface area contributed by atoms with Gasteiger partial charge in [0.05, 0.1) is 24.8 Å². The number of nitro groups is 1. The Kier molecular flexibility index (Phi) is 2.64. The minimum atomic E-state index is -1.70. The van der Waals surface area contributed by atoms with Crippen LogP contribution in [-0.2, 0) is 16.8 Å². The topological polar surface area (TPSA) is 82.3 Å². The summed E-state index contributed by atoms with van der Waals surface area (Å²) >= 11 is 0. The van der Waals surface area contributed by atoms with Gasteiger partial charge < -0.3 is 4.74 Å². The highest BCUT2D eigenvalue weighted by atomic mass is 16.6.